The molecular weight excluding hydrogens is 320 g/mol. The lowest BCUT2D eigenvalue weighted by molar-refractivity contribution is -0.139. The number of imide groups is 1. The monoisotopic (exact) mass is 344 g/mol. The van der Waals surface area contributed by atoms with Crippen LogP contribution in [0.2, 0.25) is 0 Å². The molecule has 3 aliphatic rings. The van der Waals surface area contributed by atoms with Gasteiger partial charge >= 0.3 is 6.03 Å². The topological polar surface area (TPSA) is 95.7 Å². The second kappa shape index (κ2) is 6.28. The van der Waals surface area contributed by atoms with Crippen LogP contribution in [-0.4, -0.2) is 58.9 Å². The Labute approximate surface area is 142 Å². The van der Waals surface area contributed by atoms with E-state index < -0.39 is 11.6 Å². The van der Waals surface area contributed by atoms with E-state index in [-0.39, 0.29) is 42.7 Å². The fourth-order valence-corrected chi connectivity index (χ4v) is 3.68. The van der Waals surface area contributed by atoms with E-state index in [1.165, 1.54) is 0 Å². The Morgan fingerprint density at radius 1 is 1.39 bits per heavy atom. The van der Waals surface area contributed by atoms with Crippen LogP contribution in [0.5, 0.6) is 0 Å². The van der Waals surface area contributed by atoms with Crippen LogP contribution in [-0.2, 0) is 9.59 Å². The van der Waals surface area contributed by atoms with Gasteiger partial charge < -0.3 is 16.0 Å². The molecule has 0 aromatic carbocycles. The molecule has 0 spiro atoms. The van der Waals surface area contributed by atoms with Crippen LogP contribution in [0.15, 0.2) is 0 Å². The van der Waals surface area contributed by atoms with Crippen molar-refractivity contribution in [2.75, 3.05) is 19.6 Å². The predicted octanol–water partition coefficient (Wildman–Crippen LogP) is 0.324. The van der Waals surface area contributed by atoms with Gasteiger partial charge in [0, 0.05) is 12.6 Å². The summed E-state index contributed by atoms with van der Waals surface area (Å²) in [6.45, 7) is 4.73. The predicted molar refractivity (Wildman–Crippen MR) is 87.0 cm³/mol. The molecule has 2 saturated heterocycles. The minimum absolute atomic E-state index is 0. The van der Waals surface area contributed by atoms with Gasteiger partial charge in [0.25, 0.3) is 5.91 Å². The molecule has 3 unspecified atom stereocenters. The van der Waals surface area contributed by atoms with Crippen molar-refractivity contribution in [3.05, 3.63) is 0 Å². The third-order valence-corrected chi connectivity index (χ3v) is 5.30. The highest BCUT2D eigenvalue weighted by Gasteiger charge is 2.56. The molecule has 0 bridgehead atoms. The SMILES string of the molecule is CC1CC(CN)CN1C(=O)CN1C(=O)NC(C)(C2CC2)C1=O.Cl. The van der Waals surface area contributed by atoms with Crippen LogP contribution in [0, 0.1) is 11.8 Å². The van der Waals surface area contributed by atoms with Crippen molar-refractivity contribution in [1.82, 2.24) is 15.1 Å². The van der Waals surface area contributed by atoms with Gasteiger partial charge in [-0.25, -0.2) is 4.79 Å². The molecule has 3 N–H and O–H groups in total. The van der Waals surface area contributed by atoms with E-state index in [1.807, 2.05) is 6.92 Å². The van der Waals surface area contributed by atoms with E-state index >= 15 is 0 Å². The second-order valence-corrected chi connectivity index (χ2v) is 7.03. The first kappa shape index (κ1) is 18.0. The average Bonchev–Trinajstić information content (AvgIpc) is 3.23. The summed E-state index contributed by atoms with van der Waals surface area (Å²) in [5.41, 5.74) is 4.85. The zero-order valence-electron chi connectivity index (χ0n) is 13.6. The number of hydrogen-bond acceptors (Lipinski definition) is 4. The average molecular weight is 345 g/mol. The Balaban J connectivity index is 0.00000192. The Hall–Kier alpha value is -1.34. The number of halogens is 1. The molecule has 1 aliphatic carbocycles. The van der Waals surface area contributed by atoms with Gasteiger partial charge in [-0.15, -0.1) is 12.4 Å². The molecule has 0 aromatic heterocycles. The standard InChI is InChI=1S/C15H24N4O3.ClH/c1-9-5-10(6-16)7-18(9)12(20)8-19-13(21)15(2,11-3-4-11)17-14(19)22;/h9-11H,3-8,16H2,1-2H3,(H,17,22);1H. The van der Waals surface area contributed by atoms with E-state index in [4.69, 9.17) is 5.73 Å². The normalized spacial score (nSPS) is 33.7. The fraction of sp³-hybridized carbons (Fsp3) is 0.800. The highest BCUT2D eigenvalue weighted by molar-refractivity contribution is 6.09. The van der Waals surface area contributed by atoms with E-state index in [0.29, 0.717) is 19.0 Å². The quantitative estimate of drug-likeness (QED) is 0.718. The van der Waals surface area contributed by atoms with Crippen molar-refractivity contribution < 1.29 is 14.4 Å². The Morgan fingerprint density at radius 2 is 2.04 bits per heavy atom. The number of nitrogens with one attached hydrogen (secondary N) is 1. The Kier molecular flexibility index (Phi) is 4.92. The van der Waals surface area contributed by atoms with Gasteiger partial charge in [-0.1, -0.05) is 0 Å². The van der Waals surface area contributed by atoms with Crippen molar-refractivity contribution >= 4 is 30.3 Å². The molecule has 1 saturated carbocycles. The fourth-order valence-electron chi connectivity index (χ4n) is 3.68. The molecule has 0 aromatic rings. The number of nitrogens with zero attached hydrogens (tertiary/aromatic N) is 2. The largest absolute Gasteiger partial charge is 0.338 e. The van der Waals surface area contributed by atoms with Gasteiger partial charge in [-0.2, -0.15) is 0 Å². The summed E-state index contributed by atoms with van der Waals surface area (Å²) >= 11 is 0. The van der Waals surface area contributed by atoms with E-state index in [9.17, 15) is 14.4 Å². The minimum Gasteiger partial charge on any atom is -0.338 e. The third-order valence-electron chi connectivity index (χ3n) is 5.30. The van der Waals surface area contributed by atoms with Crippen LogP contribution in [0.4, 0.5) is 4.79 Å². The van der Waals surface area contributed by atoms with Crippen LogP contribution in [0.3, 0.4) is 0 Å². The van der Waals surface area contributed by atoms with Crippen molar-refractivity contribution in [3.8, 4) is 0 Å². The van der Waals surface area contributed by atoms with Crippen LogP contribution >= 0.6 is 12.4 Å². The summed E-state index contributed by atoms with van der Waals surface area (Å²) < 4.78 is 0. The summed E-state index contributed by atoms with van der Waals surface area (Å²) in [6, 6.07) is -0.341. The van der Waals surface area contributed by atoms with Crippen LogP contribution < -0.4 is 11.1 Å². The molecule has 130 valence electrons. The molecule has 2 heterocycles. The molecule has 4 amide bonds. The number of urea groups is 1. The second-order valence-electron chi connectivity index (χ2n) is 7.03. The van der Waals surface area contributed by atoms with Crippen LogP contribution in [0.1, 0.15) is 33.1 Å². The molecule has 0 radical (unpaired) electrons. The Morgan fingerprint density at radius 3 is 2.57 bits per heavy atom. The first-order valence-corrected chi connectivity index (χ1v) is 8.00. The van der Waals surface area contributed by atoms with Crippen molar-refractivity contribution in [1.29, 1.82) is 0 Å². The molecule has 3 rings (SSSR count). The highest BCUT2D eigenvalue weighted by atomic mass is 35.5. The van der Waals surface area contributed by atoms with E-state index in [1.54, 1.807) is 11.8 Å². The van der Waals surface area contributed by atoms with Gasteiger partial charge in [-0.05, 0) is 51.5 Å². The number of nitrogens with two attached hydrogens (primary N) is 1. The number of carbonyl (C=O) groups excluding carboxylic acids is 3. The van der Waals surface area contributed by atoms with Crippen molar-refractivity contribution in [2.45, 2.75) is 44.7 Å². The van der Waals surface area contributed by atoms with Crippen LogP contribution in [0.25, 0.3) is 0 Å². The molecule has 3 fully saturated rings. The van der Waals surface area contributed by atoms with E-state index in [2.05, 4.69) is 5.32 Å². The number of likely N-dealkylation sites (tertiary alicyclic amines) is 1. The summed E-state index contributed by atoms with van der Waals surface area (Å²) in [4.78, 5) is 39.9. The first-order chi connectivity index (χ1) is 10.4. The molecule has 23 heavy (non-hydrogen) atoms. The maximum Gasteiger partial charge on any atom is 0.325 e. The van der Waals surface area contributed by atoms with Gasteiger partial charge in [0.1, 0.15) is 12.1 Å². The lowest BCUT2D eigenvalue weighted by Crippen LogP contribution is -2.47. The molecule has 3 atom stereocenters. The van der Waals surface area contributed by atoms with Gasteiger partial charge in [0.15, 0.2) is 0 Å². The smallest absolute Gasteiger partial charge is 0.325 e. The van der Waals surface area contributed by atoms with Crippen molar-refractivity contribution in [2.24, 2.45) is 17.6 Å². The molecule has 8 heteroatoms. The lowest BCUT2D eigenvalue weighted by atomic mass is 9.96. The van der Waals surface area contributed by atoms with E-state index in [0.717, 1.165) is 24.2 Å². The maximum absolute atomic E-state index is 12.5. The zero-order valence-corrected chi connectivity index (χ0v) is 14.4. The number of amides is 4. The first-order valence-electron chi connectivity index (χ1n) is 8.00. The summed E-state index contributed by atoms with van der Waals surface area (Å²) in [6.07, 6.45) is 2.78. The van der Waals surface area contributed by atoms with Gasteiger partial charge in [-0.3, -0.25) is 14.5 Å². The number of rotatable bonds is 4. The maximum atomic E-state index is 12.5. The van der Waals surface area contributed by atoms with Gasteiger partial charge in [0.05, 0.1) is 0 Å². The third kappa shape index (κ3) is 3.04. The Bertz CT molecular complexity index is 525. The lowest BCUT2D eigenvalue weighted by Gasteiger charge is -2.24. The minimum atomic E-state index is -0.826. The summed E-state index contributed by atoms with van der Waals surface area (Å²) in [7, 11) is 0. The molecule has 7 nitrogen and oxygen atoms in total. The molecular formula is C15H25ClN4O3. The number of hydrogen-bond donors (Lipinski definition) is 2. The highest BCUT2D eigenvalue weighted by Crippen LogP contribution is 2.42. The zero-order chi connectivity index (χ0) is 16.1. The summed E-state index contributed by atoms with van der Waals surface area (Å²) in [5.74, 6) is 0.0674. The molecule has 2 aliphatic heterocycles. The summed E-state index contributed by atoms with van der Waals surface area (Å²) in [5, 5.41) is 2.77. The van der Waals surface area contributed by atoms with Crippen molar-refractivity contribution in [3.63, 3.8) is 0 Å². The number of carbonyl (C=O) groups is 3. The van der Waals surface area contributed by atoms with Gasteiger partial charge in [0.2, 0.25) is 5.91 Å².